The Balaban J connectivity index is 1.92. The SMILES string of the molecule is CCC(C)[C@H]1O[C@@]2(CC(OC)C[C@@H](C)O2)C[C@@H](Sc2ccncc2)[C@]1(C)O. The molecule has 1 N–H and O–H groups in total. The molecule has 0 aliphatic carbocycles. The average Bonchev–Trinajstić information content (AvgIpc) is 2.64. The quantitative estimate of drug-likeness (QED) is 0.812. The van der Waals surface area contributed by atoms with Crippen LogP contribution in [-0.2, 0) is 14.2 Å². The summed E-state index contributed by atoms with van der Waals surface area (Å²) < 4.78 is 18.6. The van der Waals surface area contributed by atoms with Gasteiger partial charge in [-0.3, -0.25) is 4.98 Å². The maximum absolute atomic E-state index is 11.5. The van der Waals surface area contributed by atoms with Gasteiger partial charge in [-0.1, -0.05) is 20.3 Å². The van der Waals surface area contributed by atoms with Gasteiger partial charge in [0.1, 0.15) is 5.60 Å². The van der Waals surface area contributed by atoms with Gasteiger partial charge < -0.3 is 19.3 Å². The van der Waals surface area contributed by atoms with Gasteiger partial charge in [-0.15, -0.1) is 11.8 Å². The van der Waals surface area contributed by atoms with Crippen LogP contribution in [-0.4, -0.2) is 52.2 Å². The second kappa shape index (κ2) is 8.37. The van der Waals surface area contributed by atoms with Gasteiger partial charge in [0, 0.05) is 42.5 Å². The number of hydrogen-bond acceptors (Lipinski definition) is 6. The molecule has 6 heteroatoms. The predicted octanol–water partition coefficient (Wildman–Crippen LogP) is 4.04. The third-order valence-corrected chi connectivity index (χ3v) is 7.51. The minimum absolute atomic E-state index is 0.0459. The molecule has 3 rings (SSSR count). The zero-order valence-electron chi connectivity index (χ0n) is 17.1. The molecule has 2 fully saturated rings. The van der Waals surface area contributed by atoms with E-state index in [0.29, 0.717) is 12.8 Å². The van der Waals surface area contributed by atoms with Crippen molar-refractivity contribution in [3.05, 3.63) is 24.5 Å². The van der Waals surface area contributed by atoms with Gasteiger partial charge in [0.2, 0.25) is 0 Å². The second-order valence-corrected chi connectivity index (χ2v) is 9.56. The summed E-state index contributed by atoms with van der Waals surface area (Å²) in [6, 6.07) is 3.98. The van der Waals surface area contributed by atoms with E-state index in [9.17, 15) is 5.11 Å². The summed E-state index contributed by atoms with van der Waals surface area (Å²) in [6.07, 6.45) is 6.60. The molecule has 0 radical (unpaired) electrons. The Morgan fingerprint density at radius 3 is 2.67 bits per heavy atom. The van der Waals surface area contributed by atoms with Crippen molar-refractivity contribution in [2.24, 2.45) is 5.92 Å². The fraction of sp³-hybridized carbons (Fsp3) is 0.762. The Labute approximate surface area is 167 Å². The Hall–Kier alpha value is -0.660. The summed E-state index contributed by atoms with van der Waals surface area (Å²) in [5.41, 5.74) is -0.957. The van der Waals surface area contributed by atoms with E-state index in [1.165, 1.54) is 0 Å². The molecule has 0 saturated carbocycles. The van der Waals surface area contributed by atoms with Crippen molar-refractivity contribution in [3.8, 4) is 0 Å². The van der Waals surface area contributed by atoms with E-state index in [0.717, 1.165) is 17.7 Å². The van der Waals surface area contributed by atoms with Crippen molar-refractivity contribution in [3.63, 3.8) is 0 Å². The molecule has 1 spiro atoms. The molecule has 7 atom stereocenters. The van der Waals surface area contributed by atoms with Gasteiger partial charge in [-0.2, -0.15) is 0 Å². The summed E-state index contributed by atoms with van der Waals surface area (Å²) in [7, 11) is 1.75. The molecule has 5 nitrogen and oxygen atoms in total. The van der Waals surface area contributed by atoms with Crippen molar-refractivity contribution in [1.82, 2.24) is 4.98 Å². The fourth-order valence-electron chi connectivity index (χ4n) is 4.37. The van der Waals surface area contributed by atoms with Crippen LogP contribution in [0.15, 0.2) is 29.4 Å². The number of rotatable bonds is 5. The third kappa shape index (κ3) is 4.51. The Morgan fingerprint density at radius 2 is 2.04 bits per heavy atom. The van der Waals surface area contributed by atoms with Gasteiger partial charge in [0.05, 0.1) is 18.3 Å². The molecule has 1 aromatic rings. The van der Waals surface area contributed by atoms with Gasteiger partial charge in [-0.25, -0.2) is 0 Å². The number of aromatic nitrogens is 1. The second-order valence-electron chi connectivity index (χ2n) is 8.28. The molecule has 1 aromatic heterocycles. The van der Waals surface area contributed by atoms with Crippen molar-refractivity contribution >= 4 is 11.8 Å². The molecule has 0 bridgehead atoms. The average molecular weight is 396 g/mol. The Morgan fingerprint density at radius 1 is 1.33 bits per heavy atom. The van der Waals surface area contributed by atoms with Crippen molar-refractivity contribution < 1.29 is 19.3 Å². The first-order chi connectivity index (χ1) is 12.8. The lowest BCUT2D eigenvalue weighted by Crippen LogP contribution is -2.65. The first-order valence-corrected chi connectivity index (χ1v) is 10.8. The van der Waals surface area contributed by atoms with E-state index in [1.807, 2.05) is 19.1 Å². The Bertz CT molecular complexity index is 613. The van der Waals surface area contributed by atoms with E-state index >= 15 is 0 Å². The third-order valence-electron chi connectivity index (χ3n) is 6.04. The number of thioether (sulfide) groups is 1. The monoisotopic (exact) mass is 395 g/mol. The van der Waals surface area contributed by atoms with E-state index in [-0.39, 0.29) is 29.5 Å². The summed E-state index contributed by atoms with van der Waals surface area (Å²) in [5, 5.41) is 11.5. The molecule has 0 amide bonds. The molecule has 27 heavy (non-hydrogen) atoms. The number of ether oxygens (including phenoxy) is 3. The molecule has 2 aliphatic heterocycles. The number of nitrogens with zero attached hydrogens (tertiary/aromatic N) is 1. The highest BCUT2D eigenvalue weighted by atomic mass is 32.2. The van der Waals surface area contributed by atoms with Gasteiger partial charge in [-0.05, 0) is 38.3 Å². The smallest absolute Gasteiger partial charge is 0.172 e. The first kappa shape index (κ1) is 21.1. The molecule has 2 aliphatic rings. The highest BCUT2D eigenvalue weighted by molar-refractivity contribution is 8.00. The molecule has 2 unspecified atom stereocenters. The van der Waals surface area contributed by atoms with E-state index in [1.54, 1.807) is 31.3 Å². The summed E-state index contributed by atoms with van der Waals surface area (Å²) in [4.78, 5) is 5.20. The largest absolute Gasteiger partial charge is 0.386 e. The van der Waals surface area contributed by atoms with Crippen molar-refractivity contribution in [2.45, 2.75) is 93.2 Å². The molecule has 152 valence electrons. The van der Waals surface area contributed by atoms with E-state index < -0.39 is 11.4 Å². The van der Waals surface area contributed by atoms with Gasteiger partial charge in [0.25, 0.3) is 0 Å². The number of hydrogen-bond donors (Lipinski definition) is 1. The lowest BCUT2D eigenvalue weighted by atomic mass is 9.78. The van der Waals surface area contributed by atoms with Gasteiger partial charge >= 0.3 is 0 Å². The van der Waals surface area contributed by atoms with Crippen LogP contribution in [0, 0.1) is 5.92 Å². The maximum atomic E-state index is 11.5. The van der Waals surface area contributed by atoms with Crippen LogP contribution >= 0.6 is 11.8 Å². The lowest BCUT2D eigenvalue weighted by molar-refractivity contribution is -0.356. The summed E-state index contributed by atoms with van der Waals surface area (Å²) in [6.45, 7) is 8.27. The molecule has 0 aromatic carbocycles. The maximum Gasteiger partial charge on any atom is 0.172 e. The van der Waals surface area contributed by atoms with Crippen LogP contribution in [0.1, 0.15) is 53.4 Å². The normalized spacial score (nSPS) is 40.8. The lowest BCUT2D eigenvalue weighted by Gasteiger charge is -2.55. The molecular formula is C21H33NO4S. The van der Waals surface area contributed by atoms with Gasteiger partial charge in [0.15, 0.2) is 5.79 Å². The van der Waals surface area contributed by atoms with Crippen LogP contribution in [0.5, 0.6) is 0 Å². The summed E-state index contributed by atoms with van der Waals surface area (Å²) >= 11 is 1.69. The zero-order chi connectivity index (χ0) is 19.7. The van der Waals surface area contributed by atoms with Crippen LogP contribution < -0.4 is 0 Å². The number of aliphatic hydroxyl groups is 1. The van der Waals surface area contributed by atoms with Crippen molar-refractivity contribution in [2.75, 3.05) is 7.11 Å². The molecule has 3 heterocycles. The van der Waals surface area contributed by atoms with Crippen LogP contribution in [0.2, 0.25) is 0 Å². The summed E-state index contributed by atoms with van der Waals surface area (Å²) in [5.74, 6) is -0.487. The number of pyridine rings is 1. The van der Waals surface area contributed by atoms with E-state index in [2.05, 4.69) is 25.8 Å². The first-order valence-electron chi connectivity index (χ1n) is 9.97. The fourth-order valence-corrected chi connectivity index (χ4v) is 5.69. The minimum atomic E-state index is -0.957. The standard InChI is InChI=1S/C21H33NO4S/c1-6-14(2)19-20(4,23)18(27-17-7-9-22-10-8-17)13-21(26-19)12-16(24-5)11-15(3)25-21/h7-10,14-16,18-19,23H,6,11-13H2,1-5H3/t14?,15-,16?,18-,19-,20+,21+/m1/s1. The van der Waals surface area contributed by atoms with Crippen LogP contribution in [0.25, 0.3) is 0 Å². The molecule has 2 saturated heterocycles. The van der Waals surface area contributed by atoms with Crippen LogP contribution in [0.4, 0.5) is 0 Å². The minimum Gasteiger partial charge on any atom is -0.386 e. The van der Waals surface area contributed by atoms with E-state index in [4.69, 9.17) is 14.2 Å². The zero-order valence-corrected chi connectivity index (χ0v) is 17.9. The predicted molar refractivity (Wildman–Crippen MR) is 107 cm³/mol. The van der Waals surface area contributed by atoms with Crippen LogP contribution in [0.3, 0.4) is 0 Å². The Kier molecular flexibility index (Phi) is 6.53. The molecular weight excluding hydrogens is 362 g/mol. The highest BCUT2D eigenvalue weighted by Crippen LogP contribution is 2.50. The topological polar surface area (TPSA) is 60.8 Å². The number of methoxy groups -OCH3 is 1. The van der Waals surface area contributed by atoms with Crippen molar-refractivity contribution in [1.29, 1.82) is 0 Å². The highest BCUT2D eigenvalue weighted by Gasteiger charge is 2.57.